The molecule has 0 bridgehead atoms. The number of hydrogen-bond acceptors (Lipinski definition) is 2. The second-order valence-electron chi connectivity index (χ2n) is 3.15. The number of benzene rings is 1. The minimum Gasteiger partial charge on any atom is -0.256 e. The van der Waals surface area contributed by atoms with Crippen molar-refractivity contribution in [2.75, 3.05) is 0 Å². The largest absolute Gasteiger partial charge is 0.256 e. The third-order valence-electron chi connectivity index (χ3n) is 2.14. The van der Waals surface area contributed by atoms with E-state index in [1.165, 1.54) is 12.4 Å². The molecule has 1 aromatic rings. The van der Waals surface area contributed by atoms with E-state index >= 15 is 0 Å². The summed E-state index contributed by atoms with van der Waals surface area (Å²) in [5, 5.41) is 0. The van der Waals surface area contributed by atoms with Gasteiger partial charge in [-0.25, -0.2) is 9.38 Å². The Bertz CT molecular complexity index is 370. The summed E-state index contributed by atoms with van der Waals surface area (Å²) >= 11 is 0. The van der Waals surface area contributed by atoms with Gasteiger partial charge < -0.3 is 0 Å². The molecule has 1 atom stereocenters. The van der Waals surface area contributed by atoms with Crippen molar-refractivity contribution >= 4 is 12.6 Å². The Kier molecular flexibility index (Phi) is 1.72. The van der Waals surface area contributed by atoms with E-state index in [9.17, 15) is 4.39 Å². The van der Waals surface area contributed by atoms with Gasteiger partial charge in [0.25, 0.3) is 0 Å². The first-order chi connectivity index (χ1) is 6.22. The second kappa shape index (κ2) is 2.76. The van der Waals surface area contributed by atoms with Gasteiger partial charge >= 0.3 is 0 Å². The molecule has 0 N–H and O–H groups in total. The summed E-state index contributed by atoms with van der Waals surface area (Å²) in [6.07, 6.45) is 3.10. The van der Waals surface area contributed by atoms with Gasteiger partial charge in [-0.05, 0) is 13.0 Å². The molecule has 1 unspecified atom stereocenters. The van der Waals surface area contributed by atoms with Crippen LogP contribution in [0.1, 0.15) is 12.5 Å². The lowest BCUT2D eigenvalue weighted by atomic mass is 9.94. The maximum absolute atomic E-state index is 13.4. The average Bonchev–Trinajstić information content (AvgIpc) is 2.54. The van der Waals surface area contributed by atoms with Crippen molar-refractivity contribution in [3.05, 3.63) is 35.6 Å². The monoisotopic (exact) mass is 176 g/mol. The molecule has 13 heavy (non-hydrogen) atoms. The molecule has 0 amide bonds. The van der Waals surface area contributed by atoms with Crippen LogP contribution >= 0.6 is 0 Å². The summed E-state index contributed by atoms with van der Waals surface area (Å²) in [5.41, 5.74) is -0.0572. The summed E-state index contributed by atoms with van der Waals surface area (Å²) in [4.78, 5) is 7.98. The Morgan fingerprint density at radius 2 is 2.08 bits per heavy atom. The molecule has 0 saturated carbocycles. The van der Waals surface area contributed by atoms with Crippen molar-refractivity contribution in [3.63, 3.8) is 0 Å². The number of aliphatic imine (C=N–C) groups is 2. The highest BCUT2D eigenvalue weighted by molar-refractivity contribution is 5.86. The molecule has 0 spiro atoms. The van der Waals surface area contributed by atoms with E-state index in [4.69, 9.17) is 0 Å². The number of nitrogens with zero attached hydrogens (tertiary/aromatic N) is 2. The third-order valence-corrected chi connectivity index (χ3v) is 2.14. The molecular weight excluding hydrogens is 167 g/mol. The number of halogens is 1. The smallest absolute Gasteiger partial charge is 0.129 e. The van der Waals surface area contributed by atoms with Gasteiger partial charge in [0.05, 0.1) is 0 Å². The van der Waals surface area contributed by atoms with Crippen molar-refractivity contribution in [1.82, 2.24) is 0 Å². The Balaban J connectivity index is 2.52. The van der Waals surface area contributed by atoms with Crippen molar-refractivity contribution in [3.8, 4) is 0 Å². The first kappa shape index (κ1) is 8.10. The maximum Gasteiger partial charge on any atom is 0.129 e. The van der Waals surface area contributed by atoms with E-state index in [-0.39, 0.29) is 5.82 Å². The third kappa shape index (κ3) is 1.26. The van der Waals surface area contributed by atoms with Crippen LogP contribution < -0.4 is 0 Å². The molecule has 66 valence electrons. The Morgan fingerprint density at radius 1 is 1.31 bits per heavy atom. The van der Waals surface area contributed by atoms with Crippen LogP contribution in [-0.2, 0) is 5.54 Å². The molecule has 1 heterocycles. The minimum absolute atomic E-state index is 0.240. The molecule has 0 aliphatic carbocycles. The fraction of sp³-hybridized carbons (Fsp3) is 0.200. The van der Waals surface area contributed by atoms with Crippen LogP contribution in [0.25, 0.3) is 0 Å². The van der Waals surface area contributed by atoms with E-state index < -0.39 is 5.54 Å². The van der Waals surface area contributed by atoms with Crippen LogP contribution in [0.5, 0.6) is 0 Å². The van der Waals surface area contributed by atoms with E-state index in [1.54, 1.807) is 24.4 Å². The molecule has 0 aromatic heterocycles. The van der Waals surface area contributed by atoms with Gasteiger partial charge in [-0.3, -0.25) is 4.99 Å². The summed E-state index contributed by atoms with van der Waals surface area (Å²) in [6, 6.07) is 6.62. The highest BCUT2D eigenvalue weighted by Gasteiger charge is 2.27. The van der Waals surface area contributed by atoms with Gasteiger partial charge in [0.15, 0.2) is 0 Å². The van der Waals surface area contributed by atoms with Crippen LogP contribution in [0.2, 0.25) is 0 Å². The highest BCUT2D eigenvalue weighted by Crippen LogP contribution is 2.27. The summed E-state index contributed by atoms with van der Waals surface area (Å²) in [7, 11) is 0. The van der Waals surface area contributed by atoms with Crippen molar-refractivity contribution in [2.24, 2.45) is 9.98 Å². The zero-order valence-corrected chi connectivity index (χ0v) is 7.24. The topological polar surface area (TPSA) is 24.7 Å². The molecule has 1 aliphatic heterocycles. The van der Waals surface area contributed by atoms with Crippen molar-refractivity contribution < 1.29 is 4.39 Å². The Morgan fingerprint density at radius 3 is 2.69 bits per heavy atom. The lowest BCUT2D eigenvalue weighted by Gasteiger charge is -2.17. The lowest BCUT2D eigenvalue weighted by molar-refractivity contribution is 0.572. The van der Waals surface area contributed by atoms with E-state index in [1.807, 2.05) is 6.92 Å². The molecule has 2 rings (SSSR count). The van der Waals surface area contributed by atoms with Crippen LogP contribution in [0.3, 0.4) is 0 Å². The van der Waals surface area contributed by atoms with Crippen LogP contribution in [0.4, 0.5) is 4.39 Å². The van der Waals surface area contributed by atoms with Gasteiger partial charge in [-0.1, -0.05) is 18.2 Å². The fourth-order valence-electron chi connectivity index (χ4n) is 1.38. The molecular formula is C10H9FN2. The highest BCUT2D eigenvalue weighted by atomic mass is 19.1. The zero-order chi connectivity index (χ0) is 9.31. The number of hydrogen-bond donors (Lipinski definition) is 0. The van der Waals surface area contributed by atoms with Gasteiger partial charge in [-0.2, -0.15) is 0 Å². The van der Waals surface area contributed by atoms with Gasteiger partial charge in [0.1, 0.15) is 17.7 Å². The first-order valence-electron chi connectivity index (χ1n) is 4.05. The Hall–Kier alpha value is -1.51. The molecule has 0 saturated heterocycles. The quantitative estimate of drug-likeness (QED) is 0.626. The predicted octanol–water partition coefficient (Wildman–Crippen LogP) is 2.15. The Labute approximate surface area is 75.8 Å². The SMILES string of the molecule is CC1(c2ccccc2F)C=NC=N1. The average molecular weight is 176 g/mol. The minimum atomic E-state index is -0.620. The lowest BCUT2D eigenvalue weighted by Crippen LogP contribution is -2.19. The maximum atomic E-state index is 13.4. The summed E-state index contributed by atoms with van der Waals surface area (Å²) in [5.74, 6) is -0.240. The van der Waals surface area contributed by atoms with E-state index in [0.717, 1.165) is 0 Å². The van der Waals surface area contributed by atoms with Gasteiger partial charge in [-0.15, -0.1) is 0 Å². The molecule has 0 radical (unpaired) electrons. The predicted molar refractivity (Wildman–Crippen MR) is 50.7 cm³/mol. The molecule has 3 heteroatoms. The van der Waals surface area contributed by atoms with Gasteiger partial charge in [0, 0.05) is 11.8 Å². The van der Waals surface area contributed by atoms with Crippen LogP contribution in [0, 0.1) is 5.82 Å². The summed E-state index contributed by atoms with van der Waals surface area (Å²) < 4.78 is 13.4. The normalized spacial score (nSPS) is 25.4. The van der Waals surface area contributed by atoms with E-state index in [2.05, 4.69) is 9.98 Å². The van der Waals surface area contributed by atoms with Crippen LogP contribution in [-0.4, -0.2) is 12.6 Å². The molecule has 2 nitrogen and oxygen atoms in total. The molecule has 1 aromatic carbocycles. The molecule has 0 fully saturated rings. The summed E-state index contributed by atoms with van der Waals surface area (Å²) in [6.45, 7) is 1.83. The first-order valence-corrected chi connectivity index (χ1v) is 4.05. The fourth-order valence-corrected chi connectivity index (χ4v) is 1.38. The van der Waals surface area contributed by atoms with E-state index in [0.29, 0.717) is 5.56 Å². The standard InChI is InChI=1S/C10H9FN2/c1-10(6-12-7-13-10)8-4-2-3-5-9(8)11/h2-7H,1H3. The zero-order valence-electron chi connectivity index (χ0n) is 7.24. The van der Waals surface area contributed by atoms with Crippen molar-refractivity contribution in [2.45, 2.75) is 12.5 Å². The van der Waals surface area contributed by atoms with Gasteiger partial charge in [0.2, 0.25) is 0 Å². The number of rotatable bonds is 1. The second-order valence-corrected chi connectivity index (χ2v) is 3.15. The molecule has 1 aliphatic rings. The van der Waals surface area contributed by atoms with Crippen LogP contribution in [0.15, 0.2) is 34.3 Å². The van der Waals surface area contributed by atoms with Crippen molar-refractivity contribution in [1.29, 1.82) is 0 Å².